The lowest BCUT2D eigenvalue weighted by atomic mass is 9.92. The molecule has 0 spiro atoms. The lowest BCUT2D eigenvalue weighted by Crippen LogP contribution is -2.41. The number of unbranched alkanes of at least 4 members (excludes halogenated alkanes) is 1. The molecule has 2 unspecified atom stereocenters. The molecule has 0 saturated heterocycles. The average Bonchev–Trinajstić information content (AvgIpc) is 2.19. The van der Waals surface area contributed by atoms with Crippen molar-refractivity contribution < 1.29 is 4.74 Å². The molecule has 1 saturated carbocycles. The molecular weight excluding hydrogens is 162 g/mol. The minimum Gasteiger partial charge on any atom is -0.377 e. The third kappa shape index (κ3) is 3.65. The van der Waals surface area contributed by atoms with Gasteiger partial charge in [0.2, 0.25) is 0 Å². The molecule has 2 heteroatoms. The summed E-state index contributed by atoms with van der Waals surface area (Å²) in [5, 5.41) is 3.36. The molecule has 78 valence electrons. The Balaban J connectivity index is 2.19. The number of ether oxygens (including phenoxy) is 1. The monoisotopic (exact) mass is 185 g/mol. The molecule has 0 aromatic carbocycles. The van der Waals surface area contributed by atoms with Crippen LogP contribution in [0.5, 0.6) is 0 Å². The van der Waals surface area contributed by atoms with Crippen molar-refractivity contribution in [2.24, 2.45) is 0 Å². The molecule has 0 bridgehead atoms. The van der Waals surface area contributed by atoms with Gasteiger partial charge in [-0.15, -0.1) is 0 Å². The van der Waals surface area contributed by atoms with E-state index in [1.54, 1.807) is 0 Å². The first-order valence-electron chi connectivity index (χ1n) is 5.67. The molecule has 1 aliphatic rings. The van der Waals surface area contributed by atoms with E-state index in [0.717, 1.165) is 6.61 Å². The maximum atomic E-state index is 5.86. The highest BCUT2D eigenvalue weighted by Crippen LogP contribution is 2.21. The van der Waals surface area contributed by atoms with Gasteiger partial charge in [-0.1, -0.05) is 26.2 Å². The molecule has 0 radical (unpaired) electrons. The Morgan fingerprint density at radius 3 is 2.77 bits per heavy atom. The van der Waals surface area contributed by atoms with Gasteiger partial charge in [-0.05, 0) is 26.3 Å². The van der Waals surface area contributed by atoms with Crippen LogP contribution in [0, 0.1) is 0 Å². The fourth-order valence-electron chi connectivity index (χ4n) is 2.01. The van der Waals surface area contributed by atoms with Crippen LogP contribution in [-0.4, -0.2) is 25.8 Å². The Kier molecular flexibility index (Phi) is 5.40. The largest absolute Gasteiger partial charge is 0.377 e. The van der Waals surface area contributed by atoms with Crippen molar-refractivity contribution >= 4 is 0 Å². The summed E-state index contributed by atoms with van der Waals surface area (Å²) in [6, 6.07) is 0.602. The first kappa shape index (κ1) is 11.0. The Bertz CT molecular complexity index is 127. The highest BCUT2D eigenvalue weighted by Gasteiger charge is 2.23. The van der Waals surface area contributed by atoms with Crippen molar-refractivity contribution in [1.82, 2.24) is 5.32 Å². The summed E-state index contributed by atoms with van der Waals surface area (Å²) >= 11 is 0. The third-order valence-corrected chi connectivity index (χ3v) is 2.90. The van der Waals surface area contributed by atoms with E-state index in [-0.39, 0.29) is 0 Å². The van der Waals surface area contributed by atoms with Crippen LogP contribution in [0.25, 0.3) is 0 Å². The Morgan fingerprint density at radius 1 is 1.31 bits per heavy atom. The van der Waals surface area contributed by atoms with Gasteiger partial charge in [-0.2, -0.15) is 0 Å². The predicted octanol–water partition coefficient (Wildman–Crippen LogP) is 2.33. The summed E-state index contributed by atoms with van der Waals surface area (Å²) in [5.74, 6) is 0. The molecule has 2 atom stereocenters. The van der Waals surface area contributed by atoms with E-state index in [0.29, 0.717) is 12.1 Å². The summed E-state index contributed by atoms with van der Waals surface area (Å²) in [6.45, 7) is 3.15. The zero-order chi connectivity index (χ0) is 9.52. The molecule has 1 fully saturated rings. The molecule has 0 aromatic heterocycles. The van der Waals surface area contributed by atoms with Crippen molar-refractivity contribution in [2.75, 3.05) is 13.7 Å². The molecule has 1 rings (SSSR count). The van der Waals surface area contributed by atoms with Crippen molar-refractivity contribution in [3.8, 4) is 0 Å². The van der Waals surface area contributed by atoms with Gasteiger partial charge in [0.05, 0.1) is 6.10 Å². The molecule has 0 aliphatic heterocycles. The standard InChI is InChI=1S/C11H23NO/c1-3-4-9-13-11-8-6-5-7-10(11)12-2/h10-12H,3-9H2,1-2H3. The third-order valence-electron chi connectivity index (χ3n) is 2.90. The zero-order valence-corrected chi connectivity index (χ0v) is 9.01. The van der Waals surface area contributed by atoms with Gasteiger partial charge in [-0.3, -0.25) is 0 Å². The van der Waals surface area contributed by atoms with Crippen LogP contribution in [-0.2, 0) is 4.74 Å². The predicted molar refractivity (Wildman–Crippen MR) is 56.0 cm³/mol. The van der Waals surface area contributed by atoms with Gasteiger partial charge >= 0.3 is 0 Å². The maximum absolute atomic E-state index is 5.86. The van der Waals surface area contributed by atoms with E-state index in [9.17, 15) is 0 Å². The van der Waals surface area contributed by atoms with Gasteiger partial charge in [0.15, 0.2) is 0 Å². The smallest absolute Gasteiger partial charge is 0.0727 e. The average molecular weight is 185 g/mol. The lowest BCUT2D eigenvalue weighted by molar-refractivity contribution is 0.00587. The van der Waals surface area contributed by atoms with Gasteiger partial charge in [0.25, 0.3) is 0 Å². The molecule has 2 nitrogen and oxygen atoms in total. The minimum absolute atomic E-state index is 0.477. The summed E-state index contributed by atoms with van der Waals surface area (Å²) in [7, 11) is 2.05. The highest BCUT2D eigenvalue weighted by atomic mass is 16.5. The first-order valence-corrected chi connectivity index (χ1v) is 5.67. The van der Waals surface area contributed by atoms with E-state index in [4.69, 9.17) is 4.74 Å². The van der Waals surface area contributed by atoms with Crippen LogP contribution < -0.4 is 5.32 Å². The van der Waals surface area contributed by atoms with E-state index < -0.39 is 0 Å². The Labute approximate surface area is 82.0 Å². The SMILES string of the molecule is CCCCOC1CCCCC1NC. The van der Waals surface area contributed by atoms with Gasteiger partial charge in [0.1, 0.15) is 0 Å². The van der Waals surface area contributed by atoms with E-state index in [2.05, 4.69) is 12.2 Å². The molecule has 0 amide bonds. The van der Waals surface area contributed by atoms with Crippen molar-refractivity contribution in [3.63, 3.8) is 0 Å². The molecule has 1 aliphatic carbocycles. The van der Waals surface area contributed by atoms with Crippen LogP contribution in [0.4, 0.5) is 0 Å². The molecule has 0 heterocycles. The van der Waals surface area contributed by atoms with Crippen molar-refractivity contribution in [1.29, 1.82) is 0 Å². The Morgan fingerprint density at radius 2 is 2.08 bits per heavy atom. The second kappa shape index (κ2) is 6.39. The normalized spacial score (nSPS) is 29.1. The highest BCUT2D eigenvalue weighted by molar-refractivity contribution is 4.80. The van der Waals surface area contributed by atoms with Crippen LogP contribution >= 0.6 is 0 Å². The number of likely N-dealkylation sites (N-methyl/N-ethyl adjacent to an activating group) is 1. The minimum atomic E-state index is 0.477. The van der Waals surface area contributed by atoms with Crippen molar-refractivity contribution in [3.05, 3.63) is 0 Å². The summed E-state index contributed by atoms with van der Waals surface area (Å²) in [6.07, 6.45) is 8.14. The van der Waals surface area contributed by atoms with Crippen LogP contribution in [0.15, 0.2) is 0 Å². The molecule has 0 aromatic rings. The van der Waals surface area contributed by atoms with E-state index in [1.807, 2.05) is 7.05 Å². The molecule has 13 heavy (non-hydrogen) atoms. The fourth-order valence-corrected chi connectivity index (χ4v) is 2.01. The zero-order valence-electron chi connectivity index (χ0n) is 9.01. The number of hydrogen-bond donors (Lipinski definition) is 1. The number of rotatable bonds is 5. The topological polar surface area (TPSA) is 21.3 Å². The van der Waals surface area contributed by atoms with Crippen LogP contribution in [0.2, 0.25) is 0 Å². The Hall–Kier alpha value is -0.0800. The van der Waals surface area contributed by atoms with Crippen LogP contribution in [0.1, 0.15) is 45.4 Å². The summed E-state index contributed by atoms with van der Waals surface area (Å²) in [5.41, 5.74) is 0. The number of hydrogen-bond acceptors (Lipinski definition) is 2. The lowest BCUT2D eigenvalue weighted by Gasteiger charge is -2.31. The van der Waals surface area contributed by atoms with Crippen LogP contribution in [0.3, 0.4) is 0 Å². The maximum Gasteiger partial charge on any atom is 0.0727 e. The quantitative estimate of drug-likeness (QED) is 0.664. The molecule has 1 N–H and O–H groups in total. The summed E-state index contributed by atoms with van der Waals surface area (Å²) < 4.78 is 5.86. The van der Waals surface area contributed by atoms with E-state index in [1.165, 1.54) is 38.5 Å². The molecular formula is C11H23NO. The van der Waals surface area contributed by atoms with Crippen molar-refractivity contribution in [2.45, 2.75) is 57.6 Å². The van der Waals surface area contributed by atoms with Gasteiger partial charge in [-0.25, -0.2) is 0 Å². The van der Waals surface area contributed by atoms with Gasteiger partial charge in [0, 0.05) is 12.6 Å². The fraction of sp³-hybridized carbons (Fsp3) is 1.00. The second-order valence-electron chi connectivity index (χ2n) is 3.94. The number of nitrogens with one attached hydrogen (secondary N) is 1. The van der Waals surface area contributed by atoms with E-state index >= 15 is 0 Å². The second-order valence-corrected chi connectivity index (χ2v) is 3.94. The first-order chi connectivity index (χ1) is 6.38. The van der Waals surface area contributed by atoms with Gasteiger partial charge < -0.3 is 10.1 Å². The summed E-state index contributed by atoms with van der Waals surface area (Å²) in [4.78, 5) is 0.